The third-order valence-electron chi connectivity index (χ3n) is 6.46. The van der Waals surface area contributed by atoms with Gasteiger partial charge in [-0.25, -0.2) is 0 Å². The summed E-state index contributed by atoms with van der Waals surface area (Å²) in [6.07, 6.45) is 7.30. The van der Waals surface area contributed by atoms with Crippen LogP contribution in [0.15, 0.2) is 42.5 Å². The molecule has 6 nitrogen and oxygen atoms in total. The fourth-order valence-electron chi connectivity index (χ4n) is 5.16. The number of hydrogen-bond donors (Lipinski definition) is 3. The minimum Gasteiger partial charge on any atom is -0.481 e. The Morgan fingerprint density at radius 3 is 2.43 bits per heavy atom. The van der Waals surface area contributed by atoms with E-state index in [0.717, 1.165) is 29.7 Å². The summed E-state index contributed by atoms with van der Waals surface area (Å²) in [5, 5.41) is 16.0. The molecular weight excluding hydrogens is 400 g/mol. The molecule has 3 aliphatic carbocycles. The molecule has 1 aromatic carbocycles. The van der Waals surface area contributed by atoms with Crippen LogP contribution in [0.3, 0.4) is 0 Å². The number of thiophene rings is 1. The number of aliphatic carboxylic acids is 1. The molecule has 2 amide bonds. The number of nitrogens with one attached hydrogen (secondary N) is 2. The van der Waals surface area contributed by atoms with E-state index in [-0.39, 0.29) is 23.7 Å². The maximum absolute atomic E-state index is 13.1. The smallest absolute Gasteiger partial charge is 0.307 e. The van der Waals surface area contributed by atoms with E-state index in [1.165, 1.54) is 11.3 Å². The SMILES string of the molecule is O=C(Nc1ccccc1)c1c(NC(=O)C2C3C=CC(C3)C2C(=O)O)sc2c1CCC2. The molecular formula is C23H22N2O4S. The van der Waals surface area contributed by atoms with E-state index >= 15 is 0 Å². The maximum atomic E-state index is 13.1. The molecule has 4 atom stereocenters. The van der Waals surface area contributed by atoms with Gasteiger partial charge >= 0.3 is 5.97 Å². The van der Waals surface area contributed by atoms with Crippen LogP contribution in [0, 0.1) is 23.7 Å². The van der Waals surface area contributed by atoms with Crippen molar-refractivity contribution in [2.45, 2.75) is 25.7 Å². The fourth-order valence-corrected chi connectivity index (χ4v) is 6.45. The number of amides is 2. The molecule has 1 aromatic heterocycles. The van der Waals surface area contributed by atoms with Gasteiger partial charge in [0.2, 0.25) is 5.91 Å². The van der Waals surface area contributed by atoms with E-state index in [1.54, 1.807) is 0 Å². The van der Waals surface area contributed by atoms with Crippen molar-refractivity contribution < 1.29 is 19.5 Å². The third-order valence-corrected chi connectivity index (χ3v) is 7.67. The first-order valence-electron chi connectivity index (χ1n) is 10.3. The molecule has 7 heteroatoms. The zero-order chi connectivity index (χ0) is 20.8. The van der Waals surface area contributed by atoms with Gasteiger partial charge in [0.05, 0.1) is 17.4 Å². The van der Waals surface area contributed by atoms with Gasteiger partial charge in [-0.05, 0) is 55.2 Å². The first-order valence-corrected chi connectivity index (χ1v) is 11.1. The number of fused-ring (bicyclic) bond motifs is 3. The highest BCUT2D eigenvalue weighted by Crippen LogP contribution is 2.49. The lowest BCUT2D eigenvalue weighted by Crippen LogP contribution is -2.36. The molecule has 2 aromatic rings. The monoisotopic (exact) mass is 422 g/mol. The van der Waals surface area contributed by atoms with Crippen molar-refractivity contribution in [3.05, 3.63) is 58.5 Å². The zero-order valence-corrected chi connectivity index (χ0v) is 17.1. The van der Waals surface area contributed by atoms with Gasteiger partial charge in [0.1, 0.15) is 5.00 Å². The Morgan fingerprint density at radius 2 is 1.70 bits per heavy atom. The molecule has 154 valence electrons. The summed E-state index contributed by atoms with van der Waals surface area (Å²) in [6.45, 7) is 0. The molecule has 0 saturated heterocycles. The van der Waals surface area contributed by atoms with Crippen molar-refractivity contribution in [3.63, 3.8) is 0 Å². The Bertz CT molecular complexity index is 1060. The molecule has 3 aliphatic rings. The largest absolute Gasteiger partial charge is 0.481 e. The van der Waals surface area contributed by atoms with Gasteiger partial charge in [-0.1, -0.05) is 30.4 Å². The number of para-hydroxylation sites is 1. The predicted molar refractivity (Wildman–Crippen MR) is 115 cm³/mol. The van der Waals surface area contributed by atoms with Gasteiger partial charge in [0, 0.05) is 10.6 Å². The minimum absolute atomic E-state index is 0.0514. The second-order valence-electron chi connectivity index (χ2n) is 8.21. The van der Waals surface area contributed by atoms with Crippen molar-refractivity contribution in [2.24, 2.45) is 23.7 Å². The number of carbonyl (C=O) groups is 3. The molecule has 0 spiro atoms. The lowest BCUT2D eigenvalue weighted by atomic mass is 9.82. The second-order valence-corrected chi connectivity index (χ2v) is 9.31. The Kier molecular flexibility index (Phi) is 4.70. The van der Waals surface area contributed by atoms with Gasteiger partial charge in [-0.3, -0.25) is 14.4 Å². The number of benzene rings is 1. The molecule has 5 rings (SSSR count). The Hall–Kier alpha value is -2.93. The standard InChI is InChI=1S/C23H22N2O4S/c26-20(17-12-9-10-13(11-12)18(17)23(28)29)25-22-19(15-7-4-8-16(15)30-22)21(27)24-14-5-2-1-3-6-14/h1-3,5-6,9-10,12-13,17-18H,4,7-8,11H2,(H,24,27)(H,25,26)(H,28,29). The third kappa shape index (κ3) is 3.13. The van der Waals surface area contributed by atoms with E-state index in [1.807, 2.05) is 42.5 Å². The molecule has 3 N–H and O–H groups in total. The summed E-state index contributed by atoms with van der Waals surface area (Å²) >= 11 is 1.45. The van der Waals surface area contributed by atoms with E-state index in [0.29, 0.717) is 22.7 Å². The highest BCUT2D eigenvalue weighted by molar-refractivity contribution is 7.17. The molecule has 1 fully saturated rings. The zero-order valence-electron chi connectivity index (χ0n) is 16.3. The van der Waals surface area contributed by atoms with Gasteiger partial charge in [0.25, 0.3) is 5.91 Å². The topological polar surface area (TPSA) is 95.5 Å². The van der Waals surface area contributed by atoms with Crippen molar-refractivity contribution in [1.82, 2.24) is 0 Å². The number of carboxylic acid groups (broad SMARTS) is 1. The lowest BCUT2D eigenvalue weighted by Gasteiger charge is -2.23. The number of carboxylic acids is 1. The van der Waals surface area contributed by atoms with Crippen molar-refractivity contribution in [2.75, 3.05) is 10.6 Å². The van der Waals surface area contributed by atoms with Crippen LogP contribution in [-0.2, 0) is 22.4 Å². The van der Waals surface area contributed by atoms with Gasteiger partial charge < -0.3 is 15.7 Å². The van der Waals surface area contributed by atoms with E-state index in [4.69, 9.17) is 0 Å². The Balaban J connectivity index is 1.42. The highest BCUT2D eigenvalue weighted by Gasteiger charge is 2.51. The molecule has 1 heterocycles. The maximum Gasteiger partial charge on any atom is 0.307 e. The second kappa shape index (κ2) is 7.40. The number of anilines is 2. The first kappa shape index (κ1) is 19.1. The van der Waals surface area contributed by atoms with Gasteiger partial charge in [0.15, 0.2) is 0 Å². The van der Waals surface area contributed by atoms with E-state index < -0.39 is 17.8 Å². The van der Waals surface area contributed by atoms with Gasteiger partial charge in [-0.15, -0.1) is 11.3 Å². The van der Waals surface area contributed by atoms with Crippen LogP contribution in [0.2, 0.25) is 0 Å². The van der Waals surface area contributed by atoms with Crippen molar-refractivity contribution >= 4 is 39.8 Å². The molecule has 1 saturated carbocycles. The molecule has 4 unspecified atom stereocenters. The summed E-state index contributed by atoms with van der Waals surface area (Å²) in [5.74, 6) is -2.90. The normalized spacial score (nSPS) is 25.9. The highest BCUT2D eigenvalue weighted by atomic mass is 32.1. The first-order chi connectivity index (χ1) is 14.5. The molecule has 30 heavy (non-hydrogen) atoms. The quantitative estimate of drug-likeness (QED) is 0.636. The Morgan fingerprint density at radius 1 is 0.967 bits per heavy atom. The summed E-state index contributed by atoms with van der Waals surface area (Å²) in [5.41, 5.74) is 2.23. The molecule has 2 bridgehead atoms. The van der Waals surface area contributed by atoms with Crippen LogP contribution in [-0.4, -0.2) is 22.9 Å². The van der Waals surface area contributed by atoms with Crippen molar-refractivity contribution in [1.29, 1.82) is 0 Å². The number of rotatable bonds is 5. The lowest BCUT2D eigenvalue weighted by molar-refractivity contribution is -0.146. The summed E-state index contributed by atoms with van der Waals surface area (Å²) in [4.78, 5) is 39.1. The fraction of sp³-hybridized carbons (Fsp3) is 0.348. The number of hydrogen-bond acceptors (Lipinski definition) is 4. The minimum atomic E-state index is -0.928. The van der Waals surface area contributed by atoms with Crippen LogP contribution >= 0.6 is 11.3 Å². The van der Waals surface area contributed by atoms with Crippen LogP contribution < -0.4 is 10.6 Å². The van der Waals surface area contributed by atoms with E-state index in [9.17, 15) is 19.5 Å². The van der Waals surface area contributed by atoms with Crippen molar-refractivity contribution in [3.8, 4) is 0 Å². The van der Waals surface area contributed by atoms with Gasteiger partial charge in [-0.2, -0.15) is 0 Å². The Labute approximate surface area is 178 Å². The molecule has 0 aliphatic heterocycles. The van der Waals surface area contributed by atoms with Crippen LogP contribution in [0.4, 0.5) is 10.7 Å². The average molecular weight is 423 g/mol. The molecule has 0 radical (unpaired) electrons. The summed E-state index contributed by atoms with van der Waals surface area (Å²) in [6, 6.07) is 9.23. The number of carbonyl (C=O) groups excluding carboxylic acids is 2. The predicted octanol–water partition coefficient (Wildman–Crippen LogP) is 3.95. The summed E-state index contributed by atoms with van der Waals surface area (Å²) in [7, 11) is 0. The summed E-state index contributed by atoms with van der Waals surface area (Å²) < 4.78 is 0. The van der Waals surface area contributed by atoms with Crippen LogP contribution in [0.5, 0.6) is 0 Å². The van der Waals surface area contributed by atoms with E-state index in [2.05, 4.69) is 10.6 Å². The number of aryl methyl sites for hydroxylation is 1. The van der Waals surface area contributed by atoms with Crippen LogP contribution in [0.25, 0.3) is 0 Å². The average Bonchev–Trinajstić information content (AvgIpc) is 3.48. The number of allylic oxidation sites excluding steroid dienone is 2. The van der Waals surface area contributed by atoms with Crippen LogP contribution in [0.1, 0.15) is 33.6 Å².